The van der Waals surface area contributed by atoms with Crippen molar-refractivity contribution in [2.45, 2.75) is 93.4 Å². The summed E-state index contributed by atoms with van der Waals surface area (Å²) < 4.78 is 19.2. The zero-order valence-electron chi connectivity index (χ0n) is 34.9. The number of carbonyl (C=O) groups is 4. The summed E-state index contributed by atoms with van der Waals surface area (Å²) in [6.07, 6.45) is 7.05. The maximum Gasteiger partial charge on any atom is 0.276 e. The highest BCUT2D eigenvalue weighted by Gasteiger charge is 2.24. The lowest BCUT2D eigenvalue weighted by Gasteiger charge is -2.14. The number of fused-ring (bicyclic) bond motifs is 2. The van der Waals surface area contributed by atoms with Crippen molar-refractivity contribution in [1.82, 2.24) is 38.7 Å². The van der Waals surface area contributed by atoms with Crippen LogP contribution in [-0.2, 0) is 26.2 Å². The number of nitrogens with two attached hydrogens (primary N) is 2. The van der Waals surface area contributed by atoms with Gasteiger partial charge in [-0.2, -0.15) is 10.2 Å². The van der Waals surface area contributed by atoms with Crippen molar-refractivity contribution in [3.8, 4) is 11.5 Å². The number of nitrogens with one attached hydrogen (secondary N) is 2. The second-order valence-electron chi connectivity index (χ2n) is 14.3. The Bertz CT molecular complexity index is 2420. The van der Waals surface area contributed by atoms with Crippen LogP contribution < -0.4 is 31.6 Å². The summed E-state index contributed by atoms with van der Waals surface area (Å²) in [7, 11) is 0. The number of ether oxygens (including phenoxy) is 2. The van der Waals surface area contributed by atoms with Crippen molar-refractivity contribution >= 4 is 57.6 Å². The molecule has 0 saturated carbocycles. The van der Waals surface area contributed by atoms with Gasteiger partial charge in [-0.25, -0.2) is 9.97 Å². The largest absolute Gasteiger partial charge is 0.491 e. The fourth-order valence-electron chi connectivity index (χ4n) is 6.79. The quantitative estimate of drug-likeness (QED) is 0.0538. The molecule has 0 aliphatic rings. The lowest BCUT2D eigenvalue weighted by molar-refractivity contribution is 0.0991. The van der Waals surface area contributed by atoms with Crippen LogP contribution in [0.15, 0.2) is 48.6 Å². The minimum Gasteiger partial charge on any atom is -0.491 e. The van der Waals surface area contributed by atoms with E-state index in [1.165, 1.54) is 0 Å². The van der Waals surface area contributed by atoms with E-state index in [9.17, 15) is 19.2 Å². The van der Waals surface area contributed by atoms with Gasteiger partial charge in [0.15, 0.2) is 0 Å². The Morgan fingerprint density at radius 3 is 1.38 bits per heavy atom. The highest BCUT2D eigenvalue weighted by molar-refractivity contribution is 6.05. The van der Waals surface area contributed by atoms with Gasteiger partial charge in [0.25, 0.3) is 11.8 Å². The number of nitrogens with zero attached hydrogens (tertiary/aromatic N) is 8. The van der Waals surface area contributed by atoms with E-state index >= 15 is 0 Å². The molecule has 0 spiro atoms. The van der Waals surface area contributed by atoms with E-state index in [0.717, 1.165) is 25.7 Å². The second-order valence-corrected chi connectivity index (χ2v) is 14.3. The average Bonchev–Trinajstić information content (AvgIpc) is 3.98. The molecular formula is C42H52N12O6. The lowest BCUT2D eigenvalue weighted by Crippen LogP contribution is -2.20. The SMILES string of the molecule is CCCCOc1cc(C(N)=O)cc2nc(NC(=O)c3cc(C)nn3CC)n(C/C=C/Cn3c(NC(=O)c4cc(C)nn4CC)nc4cc(C(N)=O)cc(OCCCC)c43)c12. The molecule has 316 valence electrons. The number of imidazole rings is 2. The van der Waals surface area contributed by atoms with Gasteiger partial charge in [0, 0.05) is 37.3 Å². The van der Waals surface area contributed by atoms with E-state index in [1.54, 1.807) is 54.9 Å². The van der Waals surface area contributed by atoms with Gasteiger partial charge in [0.1, 0.15) is 33.9 Å². The highest BCUT2D eigenvalue weighted by Crippen LogP contribution is 2.33. The van der Waals surface area contributed by atoms with E-state index in [0.29, 0.717) is 82.6 Å². The molecule has 2 aromatic carbocycles. The molecule has 0 aliphatic carbocycles. The van der Waals surface area contributed by atoms with Crippen LogP contribution in [0.2, 0.25) is 0 Å². The van der Waals surface area contributed by atoms with Crippen LogP contribution in [-0.4, -0.2) is 75.5 Å². The number of hydrogen-bond donors (Lipinski definition) is 4. The number of primary amides is 2. The van der Waals surface area contributed by atoms with Gasteiger partial charge in [0.05, 0.1) is 35.6 Å². The van der Waals surface area contributed by atoms with Crippen molar-refractivity contribution < 1.29 is 28.7 Å². The first-order valence-electron chi connectivity index (χ1n) is 20.2. The molecule has 4 aromatic heterocycles. The first-order chi connectivity index (χ1) is 28.9. The summed E-state index contributed by atoms with van der Waals surface area (Å²) in [5.74, 6) is -0.950. The molecule has 18 nitrogen and oxygen atoms in total. The molecule has 0 saturated heterocycles. The summed E-state index contributed by atoms with van der Waals surface area (Å²) in [4.78, 5) is 61.8. The predicted molar refractivity (Wildman–Crippen MR) is 228 cm³/mol. The summed E-state index contributed by atoms with van der Waals surface area (Å²) in [6, 6.07) is 9.71. The molecule has 0 fully saturated rings. The third-order valence-electron chi connectivity index (χ3n) is 9.76. The zero-order valence-corrected chi connectivity index (χ0v) is 34.9. The highest BCUT2D eigenvalue weighted by atomic mass is 16.5. The van der Waals surface area contributed by atoms with Crippen molar-refractivity contribution in [1.29, 1.82) is 0 Å². The Morgan fingerprint density at radius 2 is 1.03 bits per heavy atom. The minimum atomic E-state index is -0.648. The maximum absolute atomic E-state index is 13.7. The summed E-state index contributed by atoms with van der Waals surface area (Å²) >= 11 is 0. The van der Waals surface area contributed by atoms with E-state index < -0.39 is 23.6 Å². The number of allylic oxidation sites excluding steroid dienone is 2. The van der Waals surface area contributed by atoms with Crippen LogP contribution in [0.25, 0.3) is 22.1 Å². The summed E-state index contributed by atoms with van der Waals surface area (Å²) in [5, 5.41) is 14.7. The van der Waals surface area contributed by atoms with Crippen molar-refractivity contribution in [3.63, 3.8) is 0 Å². The van der Waals surface area contributed by atoms with Gasteiger partial charge < -0.3 is 30.1 Å². The Hall–Kier alpha value is -6.98. The van der Waals surface area contributed by atoms with Gasteiger partial charge in [0.2, 0.25) is 23.7 Å². The third-order valence-corrected chi connectivity index (χ3v) is 9.76. The molecule has 6 rings (SSSR count). The lowest BCUT2D eigenvalue weighted by atomic mass is 10.1. The topological polar surface area (TPSA) is 234 Å². The number of aromatic nitrogens is 8. The van der Waals surface area contributed by atoms with Gasteiger partial charge in [-0.1, -0.05) is 38.8 Å². The first kappa shape index (κ1) is 42.6. The normalized spacial score (nSPS) is 11.5. The predicted octanol–water partition coefficient (Wildman–Crippen LogP) is 5.75. The maximum atomic E-state index is 13.7. The van der Waals surface area contributed by atoms with Crippen molar-refractivity contribution in [3.05, 3.63) is 82.5 Å². The molecule has 60 heavy (non-hydrogen) atoms. The second kappa shape index (κ2) is 18.7. The molecule has 0 unspecified atom stereocenters. The Morgan fingerprint density at radius 1 is 0.633 bits per heavy atom. The van der Waals surface area contributed by atoms with E-state index in [-0.39, 0.29) is 36.1 Å². The molecule has 4 amide bonds. The number of amides is 4. The number of rotatable bonds is 20. The Labute approximate surface area is 346 Å². The molecular weight excluding hydrogens is 769 g/mol. The number of hydrogen-bond acceptors (Lipinski definition) is 10. The zero-order chi connectivity index (χ0) is 43.1. The number of benzene rings is 2. The van der Waals surface area contributed by atoms with Gasteiger partial charge in [-0.05, 0) is 76.9 Å². The van der Waals surface area contributed by atoms with Crippen LogP contribution in [0.5, 0.6) is 11.5 Å². The molecule has 0 atom stereocenters. The molecule has 0 bridgehead atoms. The Balaban J connectivity index is 1.43. The molecule has 0 radical (unpaired) electrons. The monoisotopic (exact) mass is 820 g/mol. The van der Waals surface area contributed by atoms with Crippen molar-refractivity contribution in [2.75, 3.05) is 23.8 Å². The van der Waals surface area contributed by atoms with Crippen LogP contribution >= 0.6 is 0 Å². The third kappa shape index (κ3) is 9.16. The summed E-state index contributed by atoms with van der Waals surface area (Å²) in [5.41, 5.74) is 15.8. The van der Waals surface area contributed by atoms with Crippen molar-refractivity contribution in [2.24, 2.45) is 11.5 Å². The fraction of sp³-hybridized carbons (Fsp3) is 0.381. The molecule has 6 N–H and O–H groups in total. The standard InChI is InChI=1S/C42H52N12O6/c1-7-11-17-59-33-23-27(37(43)55)21-29-35(33)51(41(45-29)47-39(57)31-19-25(5)49-53(31)9-3)15-13-14-16-52-36-30(22-28(38(44)56)24-34(36)60-18-12-8-2)46-42(52)48-40(58)32-20-26(6)50-54(32)10-4/h13-14,19-24H,7-12,15-18H2,1-6H3,(H2,43,55)(H2,44,56)(H,45,47,57)(H,46,48,58)/b14-13+. The number of aryl methyl sites for hydroxylation is 4. The molecule has 6 aromatic rings. The van der Waals surface area contributed by atoms with Crippen LogP contribution in [0.4, 0.5) is 11.9 Å². The van der Waals surface area contributed by atoms with Crippen LogP contribution in [0.3, 0.4) is 0 Å². The van der Waals surface area contributed by atoms with Crippen LogP contribution in [0.1, 0.15) is 106 Å². The van der Waals surface area contributed by atoms with E-state index in [2.05, 4.69) is 20.8 Å². The molecule has 4 heterocycles. The van der Waals surface area contributed by atoms with Gasteiger partial charge >= 0.3 is 0 Å². The van der Waals surface area contributed by atoms with E-state index in [1.807, 2.05) is 53.7 Å². The number of anilines is 2. The smallest absolute Gasteiger partial charge is 0.276 e. The average molecular weight is 821 g/mol. The summed E-state index contributed by atoms with van der Waals surface area (Å²) in [6.45, 7) is 13.6. The van der Waals surface area contributed by atoms with E-state index in [4.69, 9.17) is 30.9 Å². The van der Waals surface area contributed by atoms with Gasteiger partial charge in [-0.3, -0.25) is 39.2 Å². The van der Waals surface area contributed by atoms with Gasteiger partial charge in [-0.15, -0.1) is 0 Å². The minimum absolute atomic E-state index is 0.188. The van der Waals surface area contributed by atoms with Crippen LogP contribution in [0, 0.1) is 13.8 Å². The number of carbonyl (C=O) groups excluding carboxylic acids is 4. The fourth-order valence-corrected chi connectivity index (χ4v) is 6.79. The first-order valence-corrected chi connectivity index (χ1v) is 20.2. The number of unbranched alkanes of at least 4 members (excludes halogenated alkanes) is 2. The molecule has 0 aliphatic heterocycles. The molecule has 18 heteroatoms. The Kier molecular flexibility index (Phi) is 13.3.